The first-order chi connectivity index (χ1) is 20.8. The third kappa shape index (κ3) is 8.73. The summed E-state index contributed by atoms with van der Waals surface area (Å²) in [4.78, 5) is 73.4. The molecule has 3 amide bonds. The molecule has 0 radical (unpaired) electrons. The number of anilines is 1. The van der Waals surface area contributed by atoms with E-state index in [0.29, 0.717) is 29.8 Å². The van der Waals surface area contributed by atoms with E-state index in [0.717, 1.165) is 4.90 Å². The standard InChI is InChI=1S/C28H31Cl2N6O7P/c1-17-5-4-8-23(28(40)31-14-18-6-2-3-7-21(18)32-27(17)39)35(26(38)16-44(41,42)43)12-11-24(37)20-13-19(29)9-10-22(20)36-15-25(30)33-34-36/h2-3,6-7,9-10,13,15,17,23H,4-5,8,11-12,14,16H2,1H3,(H,31,40)(H,32,39)(H2,41,42,43)/t17-,23-/m1/s1. The maximum absolute atomic E-state index is 13.6. The second kappa shape index (κ2) is 14.4. The number of nitrogens with one attached hydrogen (secondary N) is 2. The Balaban J connectivity index is 1.63. The van der Waals surface area contributed by atoms with Crippen molar-refractivity contribution < 1.29 is 33.5 Å². The minimum absolute atomic E-state index is 0.0198. The molecule has 2 atom stereocenters. The van der Waals surface area contributed by atoms with Gasteiger partial charge in [0.15, 0.2) is 10.9 Å². The maximum atomic E-state index is 13.6. The third-order valence-corrected chi connectivity index (χ3v) is 8.27. The van der Waals surface area contributed by atoms with E-state index >= 15 is 0 Å². The van der Waals surface area contributed by atoms with Crippen LogP contribution in [0.4, 0.5) is 5.69 Å². The molecule has 2 aromatic carbocycles. The minimum atomic E-state index is -4.82. The van der Waals surface area contributed by atoms with Gasteiger partial charge in [-0.2, -0.15) is 0 Å². The van der Waals surface area contributed by atoms with Gasteiger partial charge in [-0.05, 0) is 42.7 Å². The summed E-state index contributed by atoms with van der Waals surface area (Å²) < 4.78 is 13.1. The third-order valence-electron chi connectivity index (χ3n) is 7.18. The number of fused-ring (bicyclic) bond motifs is 1. The Morgan fingerprint density at radius 1 is 1.11 bits per heavy atom. The summed E-state index contributed by atoms with van der Waals surface area (Å²) in [5, 5.41) is 13.6. The van der Waals surface area contributed by atoms with Gasteiger partial charge in [-0.25, -0.2) is 4.68 Å². The Bertz CT molecular complexity index is 1610. The Labute approximate surface area is 263 Å². The number of aromatic nitrogens is 3. The lowest BCUT2D eigenvalue weighted by atomic mass is 9.98. The van der Waals surface area contributed by atoms with Crippen molar-refractivity contribution in [3.63, 3.8) is 0 Å². The molecule has 1 aromatic heterocycles. The number of benzene rings is 2. The van der Waals surface area contributed by atoms with E-state index in [2.05, 4.69) is 20.9 Å². The van der Waals surface area contributed by atoms with E-state index in [-0.39, 0.29) is 47.6 Å². The number of ketones is 1. The molecule has 0 unspecified atom stereocenters. The van der Waals surface area contributed by atoms with E-state index < -0.39 is 43.3 Å². The number of hydrogen-bond donors (Lipinski definition) is 4. The number of halogens is 2. The molecule has 1 aliphatic heterocycles. The Morgan fingerprint density at radius 2 is 1.86 bits per heavy atom. The molecule has 0 fully saturated rings. The van der Waals surface area contributed by atoms with Gasteiger partial charge in [-0.15, -0.1) is 5.10 Å². The van der Waals surface area contributed by atoms with Crippen LogP contribution in [0.25, 0.3) is 5.69 Å². The van der Waals surface area contributed by atoms with Crippen LogP contribution in [0.5, 0.6) is 0 Å². The van der Waals surface area contributed by atoms with E-state index in [9.17, 15) is 33.5 Å². The van der Waals surface area contributed by atoms with Crippen LogP contribution in [0.1, 0.15) is 48.5 Å². The highest BCUT2D eigenvalue weighted by molar-refractivity contribution is 7.52. The van der Waals surface area contributed by atoms with Crippen molar-refractivity contribution in [1.29, 1.82) is 0 Å². The smallest absolute Gasteiger partial charge is 0.334 e. The van der Waals surface area contributed by atoms with E-state index in [1.165, 1.54) is 16.9 Å². The molecular formula is C28H31Cl2N6O7P. The highest BCUT2D eigenvalue weighted by Gasteiger charge is 2.34. The molecule has 44 heavy (non-hydrogen) atoms. The van der Waals surface area contributed by atoms with Crippen LogP contribution in [0.3, 0.4) is 0 Å². The van der Waals surface area contributed by atoms with E-state index in [1.807, 2.05) is 0 Å². The first-order valence-electron chi connectivity index (χ1n) is 13.7. The molecule has 2 heterocycles. The summed E-state index contributed by atoms with van der Waals surface area (Å²) >= 11 is 12.1. The molecule has 3 aromatic rings. The van der Waals surface area contributed by atoms with Crippen LogP contribution < -0.4 is 10.6 Å². The van der Waals surface area contributed by atoms with Crippen molar-refractivity contribution in [2.24, 2.45) is 5.92 Å². The molecule has 0 saturated heterocycles. The predicted molar refractivity (Wildman–Crippen MR) is 163 cm³/mol. The van der Waals surface area contributed by atoms with Crippen LogP contribution in [0, 0.1) is 5.92 Å². The van der Waals surface area contributed by atoms with Crippen molar-refractivity contribution in [3.05, 3.63) is 70.0 Å². The van der Waals surface area contributed by atoms with Crippen molar-refractivity contribution in [2.45, 2.75) is 45.2 Å². The second-order valence-electron chi connectivity index (χ2n) is 10.4. The number of hydrogen-bond acceptors (Lipinski definition) is 7. The van der Waals surface area contributed by atoms with Crippen LogP contribution in [-0.4, -0.2) is 71.9 Å². The number of Topliss-reactive ketones (excluding diaryl/α,β-unsaturated/α-hetero) is 1. The first kappa shape index (κ1) is 33.3. The van der Waals surface area contributed by atoms with Crippen molar-refractivity contribution in [2.75, 3.05) is 18.0 Å². The Hall–Kier alpha value is -3.61. The van der Waals surface area contributed by atoms with Gasteiger partial charge in [-0.3, -0.25) is 23.7 Å². The predicted octanol–water partition coefficient (Wildman–Crippen LogP) is 3.60. The lowest BCUT2D eigenvalue weighted by Gasteiger charge is -2.32. The Morgan fingerprint density at radius 3 is 2.57 bits per heavy atom. The molecule has 16 heteroatoms. The molecule has 13 nitrogen and oxygen atoms in total. The molecule has 234 valence electrons. The number of amides is 3. The van der Waals surface area contributed by atoms with Crippen molar-refractivity contribution >= 4 is 60.0 Å². The van der Waals surface area contributed by atoms with Crippen molar-refractivity contribution in [1.82, 2.24) is 25.2 Å². The maximum Gasteiger partial charge on any atom is 0.334 e. The van der Waals surface area contributed by atoms with E-state index in [4.69, 9.17) is 23.2 Å². The summed E-state index contributed by atoms with van der Waals surface area (Å²) in [6, 6.07) is 10.3. The lowest BCUT2D eigenvalue weighted by molar-refractivity contribution is -0.139. The molecular weight excluding hydrogens is 634 g/mol. The second-order valence-corrected chi connectivity index (χ2v) is 12.9. The minimum Gasteiger partial charge on any atom is -0.350 e. The van der Waals surface area contributed by atoms with Gasteiger partial charge in [0.2, 0.25) is 17.7 Å². The molecule has 4 N–H and O–H groups in total. The van der Waals surface area contributed by atoms with Gasteiger partial charge >= 0.3 is 7.60 Å². The van der Waals surface area contributed by atoms with Gasteiger partial charge in [0.1, 0.15) is 12.2 Å². The molecule has 0 saturated carbocycles. The highest BCUT2D eigenvalue weighted by atomic mass is 35.5. The monoisotopic (exact) mass is 664 g/mol. The van der Waals surface area contributed by atoms with Gasteiger partial charge in [0, 0.05) is 41.7 Å². The fourth-order valence-electron chi connectivity index (χ4n) is 4.90. The number of carbonyl (C=O) groups is 4. The zero-order valence-electron chi connectivity index (χ0n) is 23.7. The summed E-state index contributed by atoms with van der Waals surface area (Å²) in [6.07, 6.45) is 0.746. The number of nitrogens with zero attached hydrogens (tertiary/aromatic N) is 4. The SMILES string of the molecule is C[C@@H]1CCC[C@@H](N(CCC(=O)c2cc(Cl)ccc2-n2cc(Cl)nn2)C(=O)CP(=O)(O)O)C(=O)NCc2ccccc2NC1=O. The molecule has 0 spiro atoms. The van der Waals surface area contributed by atoms with Crippen molar-refractivity contribution in [3.8, 4) is 5.69 Å². The lowest BCUT2D eigenvalue weighted by Crippen LogP contribution is -2.51. The number of carbonyl (C=O) groups excluding carboxylic acids is 4. The van der Waals surface area contributed by atoms with Crippen LogP contribution in [0.2, 0.25) is 10.2 Å². The quantitative estimate of drug-likeness (QED) is 0.206. The zero-order chi connectivity index (χ0) is 32.0. The summed E-state index contributed by atoms with van der Waals surface area (Å²) in [6.45, 7) is 1.44. The summed E-state index contributed by atoms with van der Waals surface area (Å²) in [5.74, 6) is -2.65. The molecule has 1 aliphatic rings. The first-order valence-corrected chi connectivity index (χ1v) is 16.3. The van der Waals surface area contributed by atoms with Gasteiger partial charge in [-0.1, -0.05) is 60.0 Å². The topological polar surface area (TPSA) is 184 Å². The van der Waals surface area contributed by atoms with E-state index in [1.54, 1.807) is 43.3 Å². The number of para-hydroxylation sites is 1. The molecule has 0 aliphatic carbocycles. The molecule has 4 rings (SSSR count). The van der Waals surface area contributed by atoms with Crippen LogP contribution in [-0.2, 0) is 25.5 Å². The van der Waals surface area contributed by atoms with Crippen LogP contribution in [0.15, 0.2) is 48.7 Å². The normalized spacial score (nSPS) is 17.8. The largest absolute Gasteiger partial charge is 0.350 e. The number of rotatable bonds is 8. The van der Waals surface area contributed by atoms with Crippen LogP contribution >= 0.6 is 30.8 Å². The van der Waals surface area contributed by atoms with Gasteiger partial charge in [0.25, 0.3) is 0 Å². The zero-order valence-corrected chi connectivity index (χ0v) is 26.1. The van der Waals surface area contributed by atoms with Gasteiger partial charge in [0.05, 0.1) is 11.9 Å². The fraction of sp³-hybridized carbons (Fsp3) is 0.357. The summed E-state index contributed by atoms with van der Waals surface area (Å²) in [5.41, 5.74) is 1.63. The average molecular weight is 665 g/mol. The molecule has 0 bridgehead atoms. The average Bonchev–Trinajstić information content (AvgIpc) is 3.39. The summed E-state index contributed by atoms with van der Waals surface area (Å²) in [7, 11) is -4.82. The fourth-order valence-corrected chi connectivity index (χ4v) is 5.73. The Kier molecular flexibility index (Phi) is 10.9. The van der Waals surface area contributed by atoms with Gasteiger partial charge < -0.3 is 25.3 Å². The highest BCUT2D eigenvalue weighted by Crippen LogP contribution is 2.35.